The van der Waals surface area contributed by atoms with Crippen LogP contribution in [0.1, 0.15) is 23.7 Å². The highest BCUT2D eigenvalue weighted by Gasteiger charge is 2.12. The fourth-order valence-corrected chi connectivity index (χ4v) is 1.62. The topological polar surface area (TPSA) is 68.3 Å². The molecule has 0 fully saturated rings. The molecule has 0 saturated carbocycles. The van der Waals surface area contributed by atoms with Crippen LogP contribution in [0.3, 0.4) is 0 Å². The number of ether oxygens (including phenoxy) is 1. The van der Waals surface area contributed by atoms with Crippen molar-refractivity contribution < 1.29 is 14.3 Å². The summed E-state index contributed by atoms with van der Waals surface area (Å²) in [7, 11) is 0. The van der Waals surface area contributed by atoms with Gasteiger partial charge in [-0.2, -0.15) is 0 Å². The highest BCUT2D eigenvalue weighted by atomic mass is 35.5. The van der Waals surface area contributed by atoms with E-state index in [4.69, 9.17) is 27.9 Å². The molecule has 0 unspecified atom stereocenters. The van der Waals surface area contributed by atoms with E-state index in [1.165, 1.54) is 12.1 Å². The van der Waals surface area contributed by atoms with Crippen LogP contribution in [-0.4, -0.2) is 30.0 Å². The number of rotatable bonds is 5. The van der Waals surface area contributed by atoms with Crippen molar-refractivity contribution in [2.45, 2.75) is 13.3 Å². The molecule has 0 bridgehead atoms. The molecule has 0 aliphatic carbocycles. The first-order valence-corrected chi connectivity index (χ1v) is 6.06. The first kappa shape index (κ1) is 14.7. The van der Waals surface area contributed by atoms with Crippen molar-refractivity contribution in [2.24, 2.45) is 0 Å². The van der Waals surface area contributed by atoms with Gasteiger partial charge in [0.05, 0.1) is 18.6 Å². The zero-order valence-electron chi connectivity index (χ0n) is 9.70. The maximum Gasteiger partial charge on any atom is 0.307 e. The van der Waals surface area contributed by atoms with E-state index in [-0.39, 0.29) is 34.8 Å². The first-order valence-electron chi connectivity index (χ1n) is 5.30. The molecule has 0 spiro atoms. The quantitative estimate of drug-likeness (QED) is 0.666. The molecule has 18 heavy (non-hydrogen) atoms. The van der Waals surface area contributed by atoms with E-state index in [0.29, 0.717) is 6.61 Å². The van der Waals surface area contributed by atoms with Gasteiger partial charge in [0, 0.05) is 6.54 Å². The number of esters is 1. The van der Waals surface area contributed by atoms with Gasteiger partial charge >= 0.3 is 5.97 Å². The summed E-state index contributed by atoms with van der Waals surface area (Å²) in [5, 5.41) is 2.78. The van der Waals surface area contributed by atoms with E-state index in [1.807, 2.05) is 0 Å². The standard InChI is InChI=1S/C11H12Cl2N2O3/c1-2-18-9(16)5-6-14-11(17)7-3-4-8(12)15-10(7)13/h3-4H,2,5-6H2,1H3,(H,14,17). The number of carbonyl (C=O) groups is 2. The number of nitrogens with one attached hydrogen (secondary N) is 1. The molecule has 1 aromatic rings. The number of aromatic nitrogens is 1. The largest absolute Gasteiger partial charge is 0.466 e. The smallest absolute Gasteiger partial charge is 0.307 e. The number of amides is 1. The average Bonchev–Trinajstić information content (AvgIpc) is 2.29. The van der Waals surface area contributed by atoms with Crippen LogP contribution in [0.25, 0.3) is 0 Å². The predicted molar refractivity (Wildman–Crippen MR) is 67.8 cm³/mol. The first-order chi connectivity index (χ1) is 8.54. The summed E-state index contributed by atoms with van der Waals surface area (Å²) >= 11 is 11.4. The highest BCUT2D eigenvalue weighted by Crippen LogP contribution is 2.16. The van der Waals surface area contributed by atoms with Gasteiger partial charge < -0.3 is 10.1 Å². The van der Waals surface area contributed by atoms with Crippen molar-refractivity contribution in [3.05, 3.63) is 28.0 Å². The predicted octanol–water partition coefficient (Wildman–Crippen LogP) is 2.07. The molecule has 0 atom stereocenters. The molecule has 0 saturated heterocycles. The van der Waals surface area contributed by atoms with E-state index in [2.05, 4.69) is 10.3 Å². The normalized spacial score (nSPS) is 9.94. The molecule has 0 aliphatic heterocycles. The molecule has 5 nitrogen and oxygen atoms in total. The van der Waals surface area contributed by atoms with Crippen molar-refractivity contribution in [1.29, 1.82) is 0 Å². The lowest BCUT2D eigenvalue weighted by atomic mass is 10.2. The van der Waals surface area contributed by atoms with E-state index in [1.54, 1.807) is 6.92 Å². The summed E-state index contributed by atoms with van der Waals surface area (Å²) in [6, 6.07) is 2.94. The number of hydrogen-bond donors (Lipinski definition) is 1. The molecule has 1 aromatic heterocycles. The van der Waals surface area contributed by atoms with E-state index >= 15 is 0 Å². The van der Waals surface area contributed by atoms with Crippen molar-refractivity contribution in [3.8, 4) is 0 Å². The Morgan fingerprint density at radius 1 is 1.39 bits per heavy atom. The van der Waals surface area contributed by atoms with Gasteiger partial charge in [-0.15, -0.1) is 0 Å². The number of carbonyl (C=O) groups excluding carboxylic acids is 2. The Kier molecular flexibility index (Phi) is 5.88. The van der Waals surface area contributed by atoms with Crippen LogP contribution >= 0.6 is 23.2 Å². The zero-order valence-corrected chi connectivity index (χ0v) is 11.2. The molecule has 1 heterocycles. The Labute approximate surface area is 114 Å². The van der Waals surface area contributed by atoms with Crippen LogP contribution < -0.4 is 5.32 Å². The minimum atomic E-state index is -0.409. The molecule has 1 rings (SSSR count). The third-order valence-electron chi connectivity index (χ3n) is 1.98. The summed E-state index contributed by atoms with van der Waals surface area (Å²) in [6.07, 6.45) is 0.109. The van der Waals surface area contributed by atoms with Crippen LogP contribution in [-0.2, 0) is 9.53 Å². The Hall–Kier alpha value is -1.33. The summed E-state index contributed by atoms with van der Waals surface area (Å²) in [6.45, 7) is 2.21. The third kappa shape index (κ3) is 4.50. The van der Waals surface area contributed by atoms with Crippen LogP contribution in [0.5, 0.6) is 0 Å². The molecule has 0 aliphatic rings. The van der Waals surface area contributed by atoms with Gasteiger partial charge in [0.15, 0.2) is 0 Å². The van der Waals surface area contributed by atoms with Crippen molar-refractivity contribution in [2.75, 3.05) is 13.2 Å². The van der Waals surface area contributed by atoms with Crippen LogP contribution in [0.4, 0.5) is 0 Å². The number of hydrogen-bond acceptors (Lipinski definition) is 4. The highest BCUT2D eigenvalue weighted by molar-refractivity contribution is 6.34. The molecule has 1 N–H and O–H groups in total. The molecule has 7 heteroatoms. The molecule has 1 amide bonds. The second kappa shape index (κ2) is 7.18. The molecule has 0 aromatic carbocycles. The van der Waals surface area contributed by atoms with Crippen molar-refractivity contribution in [3.63, 3.8) is 0 Å². The Balaban J connectivity index is 2.48. The molecule has 0 radical (unpaired) electrons. The monoisotopic (exact) mass is 290 g/mol. The maximum absolute atomic E-state index is 11.7. The zero-order chi connectivity index (χ0) is 13.5. The molecular weight excluding hydrogens is 279 g/mol. The summed E-state index contributed by atoms with van der Waals surface area (Å²) in [5.74, 6) is -0.772. The van der Waals surface area contributed by atoms with Gasteiger partial charge in [-0.1, -0.05) is 23.2 Å². The Morgan fingerprint density at radius 3 is 2.72 bits per heavy atom. The lowest BCUT2D eigenvalue weighted by molar-refractivity contribution is -0.142. The van der Waals surface area contributed by atoms with Crippen LogP contribution in [0.15, 0.2) is 12.1 Å². The van der Waals surface area contributed by atoms with Crippen molar-refractivity contribution >= 4 is 35.1 Å². The van der Waals surface area contributed by atoms with Crippen LogP contribution in [0.2, 0.25) is 10.3 Å². The van der Waals surface area contributed by atoms with E-state index in [9.17, 15) is 9.59 Å². The number of pyridine rings is 1. The van der Waals surface area contributed by atoms with Gasteiger partial charge in [0.2, 0.25) is 0 Å². The molecule has 98 valence electrons. The van der Waals surface area contributed by atoms with Gasteiger partial charge in [-0.3, -0.25) is 9.59 Å². The SMILES string of the molecule is CCOC(=O)CCNC(=O)c1ccc(Cl)nc1Cl. The lowest BCUT2D eigenvalue weighted by Gasteiger charge is -2.06. The number of nitrogens with zero attached hydrogens (tertiary/aromatic N) is 1. The fraction of sp³-hybridized carbons (Fsp3) is 0.364. The second-order valence-electron chi connectivity index (χ2n) is 3.28. The minimum Gasteiger partial charge on any atom is -0.466 e. The number of halogens is 2. The van der Waals surface area contributed by atoms with Gasteiger partial charge in [0.25, 0.3) is 5.91 Å². The van der Waals surface area contributed by atoms with Crippen LogP contribution in [0, 0.1) is 0 Å². The maximum atomic E-state index is 11.7. The summed E-state index contributed by atoms with van der Waals surface area (Å²) in [4.78, 5) is 26.5. The Morgan fingerprint density at radius 2 is 2.11 bits per heavy atom. The van der Waals surface area contributed by atoms with Gasteiger partial charge in [-0.25, -0.2) is 4.98 Å². The minimum absolute atomic E-state index is 0.0242. The summed E-state index contributed by atoms with van der Waals surface area (Å²) in [5.41, 5.74) is 0.213. The fourth-order valence-electron chi connectivity index (χ4n) is 1.19. The lowest BCUT2D eigenvalue weighted by Crippen LogP contribution is -2.27. The van der Waals surface area contributed by atoms with Gasteiger partial charge in [-0.05, 0) is 19.1 Å². The van der Waals surface area contributed by atoms with E-state index in [0.717, 1.165) is 0 Å². The Bertz CT molecular complexity index is 452. The average molecular weight is 291 g/mol. The third-order valence-corrected chi connectivity index (χ3v) is 2.48. The van der Waals surface area contributed by atoms with Crippen molar-refractivity contribution in [1.82, 2.24) is 10.3 Å². The molecular formula is C11H12Cl2N2O3. The van der Waals surface area contributed by atoms with E-state index < -0.39 is 5.91 Å². The second-order valence-corrected chi connectivity index (χ2v) is 4.03. The summed E-state index contributed by atoms with van der Waals surface area (Å²) < 4.78 is 4.72. The van der Waals surface area contributed by atoms with Gasteiger partial charge in [0.1, 0.15) is 10.3 Å².